The summed E-state index contributed by atoms with van der Waals surface area (Å²) < 4.78 is 11.1. The Bertz CT molecular complexity index is 1290. The van der Waals surface area contributed by atoms with Gasteiger partial charge in [0.2, 0.25) is 0 Å². The molecule has 36 heavy (non-hydrogen) atoms. The van der Waals surface area contributed by atoms with Gasteiger partial charge in [-0.3, -0.25) is 19.3 Å². The summed E-state index contributed by atoms with van der Waals surface area (Å²) in [5.74, 6) is 0.493. The van der Waals surface area contributed by atoms with Gasteiger partial charge in [0.25, 0.3) is 17.1 Å². The minimum absolute atomic E-state index is 0.135. The van der Waals surface area contributed by atoms with Gasteiger partial charge < -0.3 is 14.8 Å². The maximum Gasteiger partial charge on any atom is 0.293 e. The molecule has 3 amide bonds. The van der Waals surface area contributed by atoms with Gasteiger partial charge in [0.05, 0.1) is 11.4 Å². The molecule has 0 radical (unpaired) electrons. The minimum Gasteiger partial charge on any atom is -0.492 e. The van der Waals surface area contributed by atoms with E-state index >= 15 is 0 Å². The van der Waals surface area contributed by atoms with E-state index in [4.69, 9.17) is 21.1 Å². The van der Waals surface area contributed by atoms with Crippen LogP contribution in [0.1, 0.15) is 11.1 Å². The number of amides is 3. The fourth-order valence-corrected chi connectivity index (χ4v) is 4.35. The first-order chi connectivity index (χ1) is 17.4. The summed E-state index contributed by atoms with van der Waals surface area (Å²) in [6, 6.07) is 21.3. The molecular formula is C27H23ClN2O5S. The molecule has 7 nitrogen and oxygen atoms in total. The molecule has 4 rings (SSSR count). The van der Waals surface area contributed by atoms with E-state index in [1.807, 2.05) is 31.2 Å². The number of nitrogens with zero attached hydrogens (tertiary/aromatic N) is 1. The van der Waals surface area contributed by atoms with E-state index in [0.29, 0.717) is 27.1 Å². The zero-order valence-electron chi connectivity index (χ0n) is 19.4. The van der Waals surface area contributed by atoms with E-state index in [1.54, 1.807) is 54.6 Å². The van der Waals surface area contributed by atoms with E-state index in [2.05, 4.69) is 5.32 Å². The summed E-state index contributed by atoms with van der Waals surface area (Å²) in [7, 11) is 0. The van der Waals surface area contributed by atoms with Crippen molar-refractivity contribution in [3.63, 3.8) is 0 Å². The first-order valence-electron chi connectivity index (χ1n) is 11.1. The summed E-state index contributed by atoms with van der Waals surface area (Å²) in [6.45, 7) is 2.13. The third-order valence-electron chi connectivity index (χ3n) is 5.12. The molecule has 0 saturated carbocycles. The number of nitrogens with one attached hydrogen (secondary N) is 1. The van der Waals surface area contributed by atoms with Crippen LogP contribution in [0.25, 0.3) is 6.08 Å². The van der Waals surface area contributed by atoms with E-state index in [9.17, 15) is 14.4 Å². The van der Waals surface area contributed by atoms with Crippen LogP contribution in [0.3, 0.4) is 0 Å². The maximum atomic E-state index is 12.7. The summed E-state index contributed by atoms with van der Waals surface area (Å²) >= 11 is 6.74. The highest BCUT2D eigenvalue weighted by Crippen LogP contribution is 2.32. The number of carbonyl (C=O) groups is 3. The number of hydrogen-bond donors (Lipinski definition) is 1. The number of halogens is 1. The van der Waals surface area contributed by atoms with Crippen molar-refractivity contribution >= 4 is 52.2 Å². The SMILES string of the molecule is Cc1cccc(NC(=O)COc2ccc(/C=C3\SC(=O)N(CCOc4ccc(Cl)cc4)C3=O)cc2)c1. The van der Waals surface area contributed by atoms with Crippen LogP contribution < -0.4 is 14.8 Å². The van der Waals surface area contributed by atoms with Crippen LogP contribution in [0.15, 0.2) is 77.7 Å². The Balaban J connectivity index is 1.27. The average Bonchev–Trinajstić information content (AvgIpc) is 3.12. The van der Waals surface area contributed by atoms with Crippen LogP contribution in [0.4, 0.5) is 10.5 Å². The standard InChI is InChI=1S/C27H23ClN2O5S/c1-18-3-2-4-21(15-18)29-25(31)17-35-23-9-5-19(6-10-23)16-24-26(32)30(27(33)36-24)13-14-34-22-11-7-20(28)8-12-22/h2-12,15-16H,13-14,17H2,1H3,(H,29,31)/b24-16-. The number of hydrogen-bond acceptors (Lipinski definition) is 6. The molecule has 184 valence electrons. The molecule has 1 aliphatic heterocycles. The Morgan fingerprint density at radius 3 is 2.42 bits per heavy atom. The fraction of sp³-hybridized carbons (Fsp3) is 0.148. The van der Waals surface area contributed by atoms with Gasteiger partial charge in [-0.1, -0.05) is 35.9 Å². The summed E-state index contributed by atoms with van der Waals surface area (Å²) in [5.41, 5.74) is 2.49. The topological polar surface area (TPSA) is 84.9 Å². The maximum absolute atomic E-state index is 12.7. The lowest BCUT2D eigenvalue weighted by Crippen LogP contribution is -2.32. The van der Waals surface area contributed by atoms with Crippen molar-refractivity contribution in [1.29, 1.82) is 0 Å². The summed E-state index contributed by atoms with van der Waals surface area (Å²) in [5, 5.41) is 3.04. The number of thioether (sulfide) groups is 1. The third kappa shape index (κ3) is 6.90. The number of benzene rings is 3. The van der Waals surface area contributed by atoms with Crippen LogP contribution in [-0.4, -0.2) is 41.7 Å². The minimum atomic E-state index is -0.363. The fourth-order valence-electron chi connectivity index (χ4n) is 3.36. The Labute approximate surface area is 218 Å². The van der Waals surface area contributed by atoms with Gasteiger partial charge in [-0.2, -0.15) is 0 Å². The molecule has 3 aromatic rings. The first kappa shape index (κ1) is 25.3. The molecule has 9 heteroatoms. The number of rotatable bonds is 9. The van der Waals surface area contributed by atoms with E-state index in [-0.39, 0.29) is 36.8 Å². The highest BCUT2D eigenvalue weighted by molar-refractivity contribution is 8.18. The molecule has 1 aliphatic rings. The normalized spacial score (nSPS) is 14.3. The van der Waals surface area contributed by atoms with Gasteiger partial charge >= 0.3 is 0 Å². The first-order valence-corrected chi connectivity index (χ1v) is 12.3. The van der Waals surface area contributed by atoms with Crippen LogP contribution in [-0.2, 0) is 9.59 Å². The summed E-state index contributed by atoms with van der Waals surface area (Å²) in [4.78, 5) is 38.6. The predicted molar refractivity (Wildman–Crippen MR) is 141 cm³/mol. The van der Waals surface area contributed by atoms with Gasteiger partial charge in [-0.15, -0.1) is 0 Å². The van der Waals surface area contributed by atoms with Crippen LogP contribution >= 0.6 is 23.4 Å². The van der Waals surface area contributed by atoms with Gasteiger partial charge in [-0.05, 0) is 84.4 Å². The van der Waals surface area contributed by atoms with Gasteiger partial charge in [0, 0.05) is 10.7 Å². The molecule has 0 unspecified atom stereocenters. The predicted octanol–water partition coefficient (Wildman–Crippen LogP) is 5.78. The zero-order chi connectivity index (χ0) is 25.5. The number of imide groups is 1. The van der Waals surface area contributed by atoms with E-state index in [1.165, 1.54) is 0 Å². The summed E-state index contributed by atoms with van der Waals surface area (Å²) in [6.07, 6.45) is 1.65. The van der Waals surface area contributed by atoms with Crippen LogP contribution in [0, 0.1) is 6.92 Å². The van der Waals surface area contributed by atoms with E-state index in [0.717, 1.165) is 27.8 Å². The Morgan fingerprint density at radius 2 is 1.69 bits per heavy atom. The van der Waals surface area contributed by atoms with Crippen molar-refractivity contribution < 1.29 is 23.9 Å². The molecule has 3 aromatic carbocycles. The molecular weight excluding hydrogens is 500 g/mol. The van der Waals surface area contributed by atoms with Gasteiger partial charge in [-0.25, -0.2) is 0 Å². The molecule has 0 bridgehead atoms. The second-order valence-corrected chi connectivity index (χ2v) is 9.34. The quantitative estimate of drug-likeness (QED) is 0.358. The second-order valence-electron chi connectivity index (χ2n) is 7.91. The van der Waals surface area contributed by atoms with Crippen molar-refractivity contribution in [2.24, 2.45) is 0 Å². The molecule has 0 aliphatic carbocycles. The third-order valence-corrected chi connectivity index (χ3v) is 6.28. The lowest BCUT2D eigenvalue weighted by Gasteiger charge is -2.13. The molecule has 0 atom stereocenters. The van der Waals surface area contributed by atoms with Crippen molar-refractivity contribution in [2.45, 2.75) is 6.92 Å². The molecule has 1 saturated heterocycles. The number of carbonyl (C=O) groups excluding carboxylic acids is 3. The molecule has 1 fully saturated rings. The van der Waals surface area contributed by atoms with Crippen molar-refractivity contribution in [1.82, 2.24) is 4.90 Å². The smallest absolute Gasteiger partial charge is 0.293 e. The van der Waals surface area contributed by atoms with Gasteiger partial charge in [0.15, 0.2) is 6.61 Å². The molecule has 1 heterocycles. The number of anilines is 1. The average molecular weight is 523 g/mol. The second kappa shape index (κ2) is 11.8. The number of aryl methyl sites for hydroxylation is 1. The Kier molecular flexibility index (Phi) is 8.30. The highest BCUT2D eigenvalue weighted by atomic mass is 35.5. The number of ether oxygens (including phenoxy) is 2. The molecule has 0 spiro atoms. The van der Waals surface area contributed by atoms with Crippen LogP contribution in [0.5, 0.6) is 11.5 Å². The van der Waals surface area contributed by atoms with Crippen LogP contribution in [0.2, 0.25) is 5.02 Å². The molecule has 1 N–H and O–H groups in total. The zero-order valence-corrected chi connectivity index (χ0v) is 21.0. The Morgan fingerprint density at radius 1 is 1.00 bits per heavy atom. The van der Waals surface area contributed by atoms with Crippen molar-refractivity contribution in [3.05, 3.63) is 93.9 Å². The largest absolute Gasteiger partial charge is 0.492 e. The van der Waals surface area contributed by atoms with Gasteiger partial charge in [0.1, 0.15) is 18.1 Å². The monoisotopic (exact) mass is 522 g/mol. The Hall–Kier alpha value is -3.75. The van der Waals surface area contributed by atoms with Crippen molar-refractivity contribution in [3.8, 4) is 11.5 Å². The lowest BCUT2D eigenvalue weighted by atomic mass is 10.2. The van der Waals surface area contributed by atoms with Crippen molar-refractivity contribution in [2.75, 3.05) is 25.1 Å². The highest BCUT2D eigenvalue weighted by Gasteiger charge is 2.34. The van der Waals surface area contributed by atoms with E-state index < -0.39 is 0 Å². The lowest BCUT2D eigenvalue weighted by molar-refractivity contribution is -0.123. The molecule has 0 aromatic heterocycles.